The lowest BCUT2D eigenvalue weighted by molar-refractivity contribution is -0.148. The molecular weight excluding hydrogens is 732 g/mol. The molecule has 3 fully saturated rings. The summed E-state index contributed by atoms with van der Waals surface area (Å²) in [6, 6.07) is 0.459. The molecular formula is C34H38ClF6N9O3. The summed E-state index contributed by atoms with van der Waals surface area (Å²) < 4.78 is 88.3. The van der Waals surface area contributed by atoms with Gasteiger partial charge in [-0.15, -0.1) is 0 Å². The molecule has 19 heteroatoms. The van der Waals surface area contributed by atoms with Crippen LogP contribution in [0, 0.1) is 5.92 Å². The SMILES string of the molecule is CCOC(=O)C1CCN(c2ncc(Cl)c(N3CC(N(Cc4cc(C(F)(F)F)cc(C(F)(F)F)c4)c4ncc(N5CCNC5=O)cn4)CC3CC)n2)CC1. The van der Waals surface area contributed by atoms with Crippen LogP contribution in [-0.2, 0) is 28.4 Å². The van der Waals surface area contributed by atoms with Gasteiger partial charge in [0, 0.05) is 45.3 Å². The van der Waals surface area contributed by atoms with Crippen molar-refractivity contribution in [2.24, 2.45) is 5.92 Å². The number of nitrogens with zero attached hydrogens (tertiary/aromatic N) is 8. The molecule has 286 valence electrons. The molecule has 0 saturated carbocycles. The zero-order valence-corrected chi connectivity index (χ0v) is 29.7. The van der Waals surface area contributed by atoms with Crippen molar-refractivity contribution in [3.05, 3.63) is 58.5 Å². The maximum absolute atomic E-state index is 13.8. The van der Waals surface area contributed by atoms with Crippen LogP contribution >= 0.6 is 11.6 Å². The number of ether oxygens (including phenoxy) is 1. The molecule has 1 N–H and O–H groups in total. The Hall–Kier alpha value is -4.61. The molecule has 3 saturated heterocycles. The zero-order valence-electron chi connectivity index (χ0n) is 28.9. The molecule has 0 spiro atoms. The molecule has 6 rings (SSSR count). The Morgan fingerprint density at radius 2 is 1.64 bits per heavy atom. The number of nitrogens with one attached hydrogen (secondary N) is 1. The number of hydrogen-bond donors (Lipinski definition) is 1. The minimum Gasteiger partial charge on any atom is -0.466 e. The highest BCUT2D eigenvalue weighted by molar-refractivity contribution is 6.32. The van der Waals surface area contributed by atoms with Crippen molar-refractivity contribution in [1.82, 2.24) is 25.3 Å². The van der Waals surface area contributed by atoms with E-state index in [9.17, 15) is 35.9 Å². The van der Waals surface area contributed by atoms with E-state index in [1.54, 1.807) is 11.8 Å². The van der Waals surface area contributed by atoms with Gasteiger partial charge in [-0.05, 0) is 56.4 Å². The number of esters is 1. The number of anilines is 4. The number of hydrogen-bond acceptors (Lipinski definition) is 10. The van der Waals surface area contributed by atoms with Crippen LogP contribution < -0.4 is 24.9 Å². The molecule has 2 amide bonds. The fourth-order valence-electron chi connectivity index (χ4n) is 7.03. The van der Waals surface area contributed by atoms with Gasteiger partial charge < -0.3 is 24.8 Å². The summed E-state index contributed by atoms with van der Waals surface area (Å²) in [5, 5.41) is 2.94. The molecule has 0 aliphatic carbocycles. The van der Waals surface area contributed by atoms with Gasteiger partial charge in [-0.2, -0.15) is 31.3 Å². The second-order valence-electron chi connectivity index (χ2n) is 13.1. The van der Waals surface area contributed by atoms with Gasteiger partial charge in [0.2, 0.25) is 11.9 Å². The fraction of sp³-hybridized carbons (Fsp3) is 0.529. The standard InChI is InChI=1S/C34H38ClF6N9O3/c1-3-24-14-25(19-49(24)28-27(35)17-45-31(46-28)47-8-5-21(6-9-47)29(51)53-4-2)50(30-43-15-26(16-44-30)48-10-7-42-32(48)52)18-20-11-22(33(36,37)38)13-23(12-20)34(39,40)41/h11-13,15-17,21,24-25H,3-10,14,18-19H2,1-2H3,(H,42,52). The predicted molar refractivity (Wildman–Crippen MR) is 184 cm³/mol. The first-order valence-electron chi connectivity index (χ1n) is 17.3. The number of carbonyl (C=O) groups excluding carboxylic acids is 2. The molecule has 3 aromatic rings. The third kappa shape index (κ3) is 8.47. The van der Waals surface area contributed by atoms with E-state index >= 15 is 0 Å². The van der Waals surface area contributed by atoms with Crippen LogP contribution in [0.1, 0.15) is 56.2 Å². The van der Waals surface area contributed by atoms with E-state index in [2.05, 4.69) is 20.3 Å². The topological polar surface area (TPSA) is 120 Å². The first-order valence-corrected chi connectivity index (χ1v) is 17.7. The third-order valence-electron chi connectivity index (χ3n) is 9.74. The minimum absolute atomic E-state index is 0.0555. The number of amides is 2. The first kappa shape index (κ1) is 38.1. The van der Waals surface area contributed by atoms with Crippen LogP contribution in [0.2, 0.25) is 5.02 Å². The maximum Gasteiger partial charge on any atom is 0.416 e. The zero-order chi connectivity index (χ0) is 38.1. The van der Waals surface area contributed by atoms with Gasteiger partial charge in [-0.3, -0.25) is 9.69 Å². The summed E-state index contributed by atoms with van der Waals surface area (Å²) in [7, 11) is 0. The number of rotatable bonds is 10. The monoisotopic (exact) mass is 769 g/mol. The molecule has 2 atom stereocenters. The van der Waals surface area contributed by atoms with E-state index in [1.165, 1.54) is 23.5 Å². The lowest BCUT2D eigenvalue weighted by Gasteiger charge is -2.32. The summed E-state index contributed by atoms with van der Waals surface area (Å²) in [4.78, 5) is 49.6. The molecule has 3 aliphatic rings. The van der Waals surface area contributed by atoms with E-state index < -0.39 is 29.5 Å². The van der Waals surface area contributed by atoms with Crippen molar-refractivity contribution in [1.29, 1.82) is 0 Å². The summed E-state index contributed by atoms with van der Waals surface area (Å²) in [5.74, 6) is 0.437. The van der Waals surface area contributed by atoms with Gasteiger partial charge in [-0.1, -0.05) is 18.5 Å². The molecule has 0 bridgehead atoms. The van der Waals surface area contributed by atoms with E-state index in [0.717, 1.165) is 0 Å². The Morgan fingerprint density at radius 3 is 2.21 bits per heavy atom. The Labute approximate surface area is 306 Å². The number of urea groups is 1. The highest BCUT2D eigenvalue weighted by atomic mass is 35.5. The molecule has 2 aromatic heterocycles. The molecule has 53 heavy (non-hydrogen) atoms. The van der Waals surface area contributed by atoms with Crippen LogP contribution in [0.4, 0.5) is 54.5 Å². The van der Waals surface area contributed by atoms with Crippen molar-refractivity contribution >= 4 is 47.0 Å². The highest BCUT2D eigenvalue weighted by Gasteiger charge is 2.40. The Kier molecular flexibility index (Phi) is 11.1. The van der Waals surface area contributed by atoms with Crippen molar-refractivity contribution in [2.45, 2.75) is 70.5 Å². The summed E-state index contributed by atoms with van der Waals surface area (Å²) >= 11 is 6.69. The number of benzene rings is 1. The first-order chi connectivity index (χ1) is 25.2. The van der Waals surface area contributed by atoms with Crippen molar-refractivity contribution in [3.8, 4) is 0 Å². The second kappa shape index (κ2) is 15.4. The van der Waals surface area contributed by atoms with Crippen molar-refractivity contribution in [2.75, 3.05) is 58.9 Å². The second-order valence-corrected chi connectivity index (χ2v) is 13.5. The van der Waals surface area contributed by atoms with Gasteiger partial charge in [0.1, 0.15) is 5.02 Å². The number of carbonyl (C=O) groups is 2. The quantitative estimate of drug-likeness (QED) is 0.185. The maximum atomic E-state index is 13.8. The summed E-state index contributed by atoms with van der Waals surface area (Å²) in [6.45, 7) is 5.68. The van der Waals surface area contributed by atoms with E-state index in [-0.39, 0.29) is 59.7 Å². The van der Waals surface area contributed by atoms with Gasteiger partial charge in [0.15, 0.2) is 5.82 Å². The Bertz CT molecular complexity index is 1760. The van der Waals surface area contributed by atoms with Crippen LogP contribution in [0.25, 0.3) is 0 Å². The fourth-order valence-corrected chi connectivity index (χ4v) is 7.23. The largest absolute Gasteiger partial charge is 0.466 e. The van der Waals surface area contributed by atoms with Gasteiger partial charge in [0.05, 0.1) is 54.0 Å². The smallest absolute Gasteiger partial charge is 0.416 e. The Morgan fingerprint density at radius 1 is 0.981 bits per heavy atom. The number of aromatic nitrogens is 4. The van der Waals surface area contributed by atoms with Crippen LogP contribution in [0.5, 0.6) is 0 Å². The molecule has 0 radical (unpaired) electrons. The summed E-state index contributed by atoms with van der Waals surface area (Å²) in [6.07, 6.45) is -3.61. The lowest BCUT2D eigenvalue weighted by Crippen LogP contribution is -2.39. The molecule has 2 unspecified atom stereocenters. The Balaban J connectivity index is 1.31. The highest BCUT2D eigenvalue weighted by Crippen LogP contribution is 2.39. The molecule has 12 nitrogen and oxygen atoms in total. The number of alkyl halides is 6. The third-order valence-corrected chi connectivity index (χ3v) is 10.0. The lowest BCUT2D eigenvalue weighted by atomic mass is 9.97. The minimum atomic E-state index is -5.03. The van der Waals surface area contributed by atoms with Gasteiger partial charge >= 0.3 is 24.4 Å². The van der Waals surface area contributed by atoms with E-state index in [1.807, 2.05) is 16.7 Å². The normalized spacial score (nSPS) is 19.9. The van der Waals surface area contributed by atoms with Crippen molar-refractivity contribution in [3.63, 3.8) is 0 Å². The van der Waals surface area contributed by atoms with Crippen LogP contribution in [0.3, 0.4) is 0 Å². The van der Waals surface area contributed by atoms with E-state index in [4.69, 9.17) is 21.3 Å². The summed E-state index contributed by atoms with van der Waals surface area (Å²) in [5.41, 5.74) is -2.71. The van der Waals surface area contributed by atoms with Crippen LogP contribution in [0.15, 0.2) is 36.8 Å². The van der Waals surface area contributed by atoms with Gasteiger partial charge in [0.25, 0.3) is 0 Å². The van der Waals surface area contributed by atoms with E-state index in [0.29, 0.717) is 88.1 Å². The molecule has 1 aromatic carbocycles. The average Bonchev–Trinajstić information content (AvgIpc) is 3.76. The van der Waals surface area contributed by atoms with Gasteiger partial charge in [-0.25, -0.2) is 19.7 Å². The number of halogens is 7. The molecule has 3 aliphatic heterocycles. The van der Waals surface area contributed by atoms with Crippen molar-refractivity contribution < 1.29 is 40.7 Å². The molecule has 5 heterocycles. The predicted octanol–water partition coefficient (Wildman–Crippen LogP) is 6.33. The number of piperidine rings is 1. The van der Waals surface area contributed by atoms with Crippen LogP contribution in [-0.4, -0.2) is 83.4 Å². The average molecular weight is 770 g/mol.